The summed E-state index contributed by atoms with van der Waals surface area (Å²) >= 11 is 0. The van der Waals surface area contributed by atoms with Gasteiger partial charge in [-0.15, -0.1) is 0 Å². The molecule has 1 unspecified atom stereocenters. The highest BCUT2D eigenvalue weighted by Gasteiger charge is 2.18. The van der Waals surface area contributed by atoms with Crippen LogP contribution in [0.5, 0.6) is 0 Å². The Bertz CT molecular complexity index is 682. The normalized spacial score (nSPS) is 16.6. The van der Waals surface area contributed by atoms with Crippen LogP contribution in [0, 0.1) is 0 Å². The number of rotatable bonds is 6. The Hall–Kier alpha value is -2.77. The Kier molecular flexibility index (Phi) is 8.95. The lowest BCUT2D eigenvalue weighted by Gasteiger charge is -2.30. The molecule has 1 atom stereocenters. The predicted octanol–water partition coefficient (Wildman–Crippen LogP) is 1.07. The number of likely N-dealkylation sites (N-methyl/N-ethyl adjacent to an activating group) is 1. The summed E-state index contributed by atoms with van der Waals surface area (Å²) < 4.78 is 5.57. The van der Waals surface area contributed by atoms with Crippen LogP contribution in [0.1, 0.15) is 15.9 Å². The van der Waals surface area contributed by atoms with Gasteiger partial charge in [0.25, 0.3) is 5.91 Å². The van der Waals surface area contributed by atoms with E-state index in [1.165, 1.54) is 0 Å². The molecule has 2 N–H and O–H groups in total. The van der Waals surface area contributed by atoms with E-state index in [9.17, 15) is 9.59 Å². The average Bonchev–Trinajstić information content (AvgIpc) is 2.72. The zero-order chi connectivity index (χ0) is 19.3. The van der Waals surface area contributed by atoms with Gasteiger partial charge in [0.1, 0.15) is 0 Å². The fourth-order valence-corrected chi connectivity index (χ4v) is 2.56. The molecular weight excluding hydrogens is 344 g/mol. The Labute approximate surface area is 159 Å². The molecule has 1 aliphatic heterocycles. The molecule has 1 aliphatic rings. The SMILES string of the molecule is CN1CCOC(CNC(=O)c2ccncc2)C1.O=CNCc1ccccc1. The molecule has 7 heteroatoms. The van der Waals surface area contributed by atoms with Crippen LogP contribution < -0.4 is 10.6 Å². The fraction of sp³-hybridized carbons (Fsp3) is 0.350. The molecule has 1 fully saturated rings. The summed E-state index contributed by atoms with van der Waals surface area (Å²) in [6.45, 7) is 3.70. The molecule has 2 amide bonds. The van der Waals surface area contributed by atoms with Gasteiger partial charge in [-0.25, -0.2) is 0 Å². The maximum absolute atomic E-state index is 11.8. The Morgan fingerprint density at radius 3 is 2.67 bits per heavy atom. The van der Waals surface area contributed by atoms with Crippen molar-refractivity contribution in [3.05, 3.63) is 66.0 Å². The number of amides is 2. The first-order valence-electron chi connectivity index (χ1n) is 8.88. The van der Waals surface area contributed by atoms with Crippen molar-refractivity contribution in [2.75, 3.05) is 33.3 Å². The second-order valence-electron chi connectivity index (χ2n) is 6.19. The number of nitrogens with one attached hydrogen (secondary N) is 2. The van der Waals surface area contributed by atoms with Crippen molar-refractivity contribution in [3.63, 3.8) is 0 Å². The van der Waals surface area contributed by atoms with Crippen LogP contribution in [0.4, 0.5) is 0 Å². The van der Waals surface area contributed by atoms with Gasteiger partial charge in [0, 0.05) is 44.1 Å². The van der Waals surface area contributed by atoms with Gasteiger partial charge < -0.3 is 20.3 Å². The summed E-state index contributed by atoms with van der Waals surface area (Å²) in [7, 11) is 2.06. The third-order valence-corrected chi connectivity index (χ3v) is 4.01. The second kappa shape index (κ2) is 11.8. The van der Waals surface area contributed by atoms with E-state index in [0.29, 0.717) is 25.1 Å². The number of aromatic nitrogens is 1. The number of ether oxygens (including phenoxy) is 1. The summed E-state index contributed by atoms with van der Waals surface area (Å²) in [6, 6.07) is 13.2. The van der Waals surface area contributed by atoms with Crippen LogP contribution in [0.2, 0.25) is 0 Å². The van der Waals surface area contributed by atoms with Crippen LogP contribution in [-0.4, -0.2) is 61.6 Å². The fourth-order valence-electron chi connectivity index (χ4n) is 2.56. The van der Waals surface area contributed by atoms with Gasteiger partial charge in [-0.3, -0.25) is 14.6 Å². The third-order valence-electron chi connectivity index (χ3n) is 4.01. The van der Waals surface area contributed by atoms with E-state index in [1.54, 1.807) is 24.5 Å². The second-order valence-corrected chi connectivity index (χ2v) is 6.19. The number of morpholine rings is 1. The molecule has 27 heavy (non-hydrogen) atoms. The summed E-state index contributed by atoms with van der Waals surface area (Å²) in [5.74, 6) is -0.0794. The first-order chi connectivity index (χ1) is 13.2. The molecule has 3 rings (SSSR count). The maximum atomic E-state index is 11.8. The molecule has 7 nitrogen and oxygen atoms in total. The van der Waals surface area contributed by atoms with Gasteiger partial charge in [-0.2, -0.15) is 0 Å². The molecule has 1 aromatic heterocycles. The topological polar surface area (TPSA) is 83.6 Å². The molecule has 2 aromatic rings. The zero-order valence-corrected chi connectivity index (χ0v) is 15.5. The quantitative estimate of drug-likeness (QED) is 0.744. The lowest BCUT2D eigenvalue weighted by atomic mass is 10.2. The smallest absolute Gasteiger partial charge is 0.251 e. The van der Waals surface area contributed by atoms with Crippen LogP contribution in [0.15, 0.2) is 54.9 Å². The number of carbonyl (C=O) groups is 2. The maximum Gasteiger partial charge on any atom is 0.251 e. The van der Waals surface area contributed by atoms with E-state index in [2.05, 4.69) is 27.6 Å². The lowest BCUT2D eigenvalue weighted by molar-refractivity contribution is -0.109. The van der Waals surface area contributed by atoms with Crippen molar-refractivity contribution >= 4 is 12.3 Å². The van der Waals surface area contributed by atoms with Crippen LogP contribution in [-0.2, 0) is 16.1 Å². The van der Waals surface area contributed by atoms with E-state index >= 15 is 0 Å². The summed E-state index contributed by atoms with van der Waals surface area (Å²) in [5.41, 5.74) is 1.75. The molecule has 1 aromatic carbocycles. The number of hydrogen-bond acceptors (Lipinski definition) is 5. The van der Waals surface area contributed by atoms with Crippen LogP contribution in [0.3, 0.4) is 0 Å². The summed E-state index contributed by atoms with van der Waals surface area (Å²) in [5, 5.41) is 5.45. The van der Waals surface area contributed by atoms with Crippen molar-refractivity contribution in [1.82, 2.24) is 20.5 Å². The molecule has 144 valence electrons. The molecule has 0 aliphatic carbocycles. The number of carbonyl (C=O) groups excluding carboxylic acids is 2. The van der Waals surface area contributed by atoms with Gasteiger partial charge in [0.2, 0.25) is 6.41 Å². The predicted molar refractivity (Wildman–Crippen MR) is 103 cm³/mol. The molecule has 0 saturated carbocycles. The molecule has 2 heterocycles. The Balaban J connectivity index is 0.000000223. The Morgan fingerprint density at radius 2 is 2.00 bits per heavy atom. The minimum absolute atomic E-state index is 0.0794. The summed E-state index contributed by atoms with van der Waals surface area (Å²) in [6.07, 6.45) is 4.01. The van der Waals surface area contributed by atoms with E-state index in [1.807, 2.05) is 30.3 Å². The highest BCUT2D eigenvalue weighted by atomic mass is 16.5. The monoisotopic (exact) mass is 370 g/mol. The van der Waals surface area contributed by atoms with Crippen LogP contribution in [0.25, 0.3) is 0 Å². The lowest BCUT2D eigenvalue weighted by Crippen LogP contribution is -2.45. The highest BCUT2D eigenvalue weighted by molar-refractivity contribution is 5.93. The first kappa shape index (κ1) is 20.5. The molecule has 0 bridgehead atoms. The zero-order valence-electron chi connectivity index (χ0n) is 15.5. The van der Waals surface area contributed by atoms with E-state index in [0.717, 1.165) is 25.3 Å². The van der Waals surface area contributed by atoms with E-state index in [-0.39, 0.29) is 12.0 Å². The molecule has 0 spiro atoms. The van der Waals surface area contributed by atoms with Gasteiger partial charge in [0.15, 0.2) is 0 Å². The molecular formula is C20H26N4O3. The summed E-state index contributed by atoms with van der Waals surface area (Å²) in [4.78, 5) is 27.7. The van der Waals surface area contributed by atoms with Crippen molar-refractivity contribution in [3.8, 4) is 0 Å². The Morgan fingerprint density at radius 1 is 1.26 bits per heavy atom. The average molecular weight is 370 g/mol. The van der Waals surface area contributed by atoms with Crippen molar-refractivity contribution in [1.29, 1.82) is 0 Å². The third kappa shape index (κ3) is 7.98. The standard InChI is InChI=1S/C12H17N3O2.C8H9NO/c1-15-6-7-17-11(9-15)8-14-12(16)10-2-4-13-5-3-10;10-7-9-6-8-4-2-1-3-5-8/h2-5,11H,6-9H2,1H3,(H,14,16);1-5,7H,6H2,(H,9,10). The minimum Gasteiger partial charge on any atom is -0.374 e. The van der Waals surface area contributed by atoms with Crippen molar-refractivity contribution < 1.29 is 14.3 Å². The van der Waals surface area contributed by atoms with Crippen molar-refractivity contribution in [2.24, 2.45) is 0 Å². The number of hydrogen-bond donors (Lipinski definition) is 2. The number of nitrogens with zero attached hydrogens (tertiary/aromatic N) is 2. The first-order valence-corrected chi connectivity index (χ1v) is 8.88. The van der Waals surface area contributed by atoms with E-state index < -0.39 is 0 Å². The number of pyridine rings is 1. The van der Waals surface area contributed by atoms with Gasteiger partial charge in [-0.1, -0.05) is 30.3 Å². The van der Waals surface area contributed by atoms with E-state index in [4.69, 9.17) is 4.74 Å². The highest BCUT2D eigenvalue weighted by Crippen LogP contribution is 2.02. The van der Waals surface area contributed by atoms with Gasteiger partial charge in [-0.05, 0) is 24.7 Å². The molecule has 0 radical (unpaired) electrons. The van der Waals surface area contributed by atoms with Crippen molar-refractivity contribution in [2.45, 2.75) is 12.6 Å². The van der Waals surface area contributed by atoms with Crippen LogP contribution >= 0.6 is 0 Å². The molecule has 1 saturated heterocycles. The number of benzene rings is 1. The largest absolute Gasteiger partial charge is 0.374 e. The van der Waals surface area contributed by atoms with Gasteiger partial charge in [0.05, 0.1) is 12.7 Å². The minimum atomic E-state index is -0.0794. The van der Waals surface area contributed by atoms with Gasteiger partial charge >= 0.3 is 0 Å².